The summed E-state index contributed by atoms with van der Waals surface area (Å²) in [6.07, 6.45) is -1.18. The van der Waals surface area contributed by atoms with Gasteiger partial charge in [0.15, 0.2) is 0 Å². The van der Waals surface area contributed by atoms with Crippen molar-refractivity contribution in [3.05, 3.63) is 35.1 Å². The van der Waals surface area contributed by atoms with E-state index in [0.29, 0.717) is 12.1 Å². The summed E-state index contributed by atoms with van der Waals surface area (Å²) < 4.78 is 51.4. The summed E-state index contributed by atoms with van der Waals surface area (Å²) in [6, 6.07) is 3.51. The van der Waals surface area contributed by atoms with Crippen LogP contribution in [0.4, 0.5) is 17.6 Å². The number of halogens is 4. The lowest BCUT2D eigenvalue weighted by Gasteiger charge is -2.28. The average molecular weight is 315 g/mol. The molecular weight excluding hydrogens is 298 g/mol. The fourth-order valence-electron chi connectivity index (χ4n) is 3.57. The van der Waals surface area contributed by atoms with Crippen molar-refractivity contribution in [3.8, 4) is 0 Å². The smallest absolute Gasteiger partial charge is 0.311 e. The minimum atomic E-state index is -4.74. The van der Waals surface area contributed by atoms with Crippen molar-refractivity contribution in [1.29, 1.82) is 0 Å². The highest BCUT2D eigenvalue weighted by molar-refractivity contribution is 5.83. The standard InChI is InChI=1S/C16H17F4NO/c17-14-4-1-9(5-13(14)16(18,19)20)6-15(22)10-7-11-2-3-12(8-10)21-11/h1,4-5,10-12,21H,2-3,6-8H2. The number of hydrogen-bond donors (Lipinski definition) is 1. The molecule has 2 nitrogen and oxygen atoms in total. The average Bonchev–Trinajstić information content (AvgIpc) is 2.78. The van der Waals surface area contributed by atoms with Crippen LogP contribution in [0.1, 0.15) is 36.8 Å². The Balaban J connectivity index is 1.72. The van der Waals surface area contributed by atoms with Crippen LogP contribution < -0.4 is 5.32 Å². The molecule has 2 bridgehead atoms. The van der Waals surface area contributed by atoms with E-state index in [9.17, 15) is 22.4 Å². The molecule has 2 aliphatic heterocycles. The van der Waals surface area contributed by atoms with E-state index in [1.807, 2.05) is 0 Å². The summed E-state index contributed by atoms with van der Waals surface area (Å²) in [7, 11) is 0. The van der Waals surface area contributed by atoms with Gasteiger partial charge in [-0.05, 0) is 43.4 Å². The molecule has 1 N–H and O–H groups in total. The van der Waals surface area contributed by atoms with Crippen LogP contribution in [0.25, 0.3) is 0 Å². The Kier molecular flexibility index (Phi) is 3.97. The molecule has 22 heavy (non-hydrogen) atoms. The number of ketones is 1. The van der Waals surface area contributed by atoms with Gasteiger partial charge in [-0.1, -0.05) is 6.07 Å². The van der Waals surface area contributed by atoms with E-state index in [4.69, 9.17) is 0 Å². The van der Waals surface area contributed by atoms with E-state index in [2.05, 4.69) is 5.32 Å². The van der Waals surface area contributed by atoms with Gasteiger partial charge in [0.2, 0.25) is 0 Å². The van der Waals surface area contributed by atoms with Crippen LogP contribution in [0.2, 0.25) is 0 Å². The number of rotatable bonds is 3. The Bertz CT molecular complexity index is 572. The third-order valence-corrected chi connectivity index (χ3v) is 4.64. The molecule has 6 heteroatoms. The lowest BCUT2D eigenvalue weighted by atomic mass is 9.86. The minimum Gasteiger partial charge on any atom is -0.311 e. The molecule has 1 aromatic rings. The van der Waals surface area contributed by atoms with Crippen molar-refractivity contribution in [1.82, 2.24) is 5.32 Å². The molecule has 2 unspecified atom stereocenters. The molecule has 0 spiro atoms. The first-order valence-electron chi connectivity index (χ1n) is 7.47. The monoisotopic (exact) mass is 315 g/mol. The van der Waals surface area contributed by atoms with Crippen LogP contribution >= 0.6 is 0 Å². The van der Waals surface area contributed by atoms with Crippen molar-refractivity contribution in [2.45, 2.75) is 50.4 Å². The normalized spacial score (nSPS) is 27.9. The molecule has 2 heterocycles. The first-order valence-corrected chi connectivity index (χ1v) is 7.47. The first kappa shape index (κ1) is 15.5. The summed E-state index contributed by atoms with van der Waals surface area (Å²) in [4.78, 5) is 12.3. The second-order valence-electron chi connectivity index (χ2n) is 6.26. The zero-order valence-electron chi connectivity index (χ0n) is 11.9. The van der Waals surface area contributed by atoms with Crippen LogP contribution in [0.3, 0.4) is 0 Å². The number of piperidine rings is 1. The lowest BCUT2D eigenvalue weighted by molar-refractivity contribution is -0.140. The van der Waals surface area contributed by atoms with Gasteiger partial charge in [0.1, 0.15) is 11.6 Å². The van der Waals surface area contributed by atoms with Crippen LogP contribution in [0.15, 0.2) is 18.2 Å². The highest BCUT2D eigenvalue weighted by Gasteiger charge is 2.37. The van der Waals surface area contributed by atoms with Gasteiger partial charge in [0, 0.05) is 24.4 Å². The van der Waals surface area contributed by atoms with Crippen LogP contribution in [0.5, 0.6) is 0 Å². The van der Waals surface area contributed by atoms with Gasteiger partial charge in [-0.15, -0.1) is 0 Å². The van der Waals surface area contributed by atoms with E-state index >= 15 is 0 Å². The molecular formula is C16H17F4NO. The van der Waals surface area contributed by atoms with Gasteiger partial charge >= 0.3 is 6.18 Å². The molecule has 0 saturated carbocycles. The predicted octanol–water partition coefficient (Wildman–Crippen LogP) is 3.49. The summed E-state index contributed by atoms with van der Waals surface area (Å²) in [5.41, 5.74) is -1.08. The van der Waals surface area contributed by atoms with E-state index < -0.39 is 17.6 Å². The Labute approximate surface area is 125 Å². The largest absolute Gasteiger partial charge is 0.419 e. The highest BCUT2D eigenvalue weighted by Crippen LogP contribution is 2.34. The summed E-state index contributed by atoms with van der Waals surface area (Å²) in [6.45, 7) is 0. The molecule has 2 fully saturated rings. The Morgan fingerprint density at radius 1 is 1.18 bits per heavy atom. The van der Waals surface area contributed by atoms with E-state index in [0.717, 1.165) is 37.8 Å². The fourth-order valence-corrected chi connectivity index (χ4v) is 3.57. The molecule has 3 rings (SSSR count). The molecule has 0 radical (unpaired) electrons. The Hall–Kier alpha value is -1.43. The van der Waals surface area contributed by atoms with Gasteiger partial charge < -0.3 is 5.32 Å². The second kappa shape index (κ2) is 5.65. The van der Waals surface area contributed by atoms with Crippen molar-refractivity contribution in [2.24, 2.45) is 5.92 Å². The molecule has 1 aromatic carbocycles. The molecule has 2 aliphatic rings. The fraction of sp³-hybridized carbons (Fsp3) is 0.562. The number of hydrogen-bond acceptors (Lipinski definition) is 2. The molecule has 0 amide bonds. The number of nitrogens with one attached hydrogen (secondary N) is 1. The van der Waals surface area contributed by atoms with Crippen LogP contribution in [-0.4, -0.2) is 17.9 Å². The minimum absolute atomic E-state index is 0.0434. The molecule has 2 saturated heterocycles. The van der Waals surface area contributed by atoms with E-state index in [1.54, 1.807) is 0 Å². The lowest BCUT2D eigenvalue weighted by Crippen LogP contribution is -2.40. The second-order valence-corrected chi connectivity index (χ2v) is 6.26. The quantitative estimate of drug-likeness (QED) is 0.865. The van der Waals surface area contributed by atoms with Gasteiger partial charge in [0.25, 0.3) is 0 Å². The number of benzene rings is 1. The molecule has 0 aromatic heterocycles. The van der Waals surface area contributed by atoms with Crippen molar-refractivity contribution in [2.75, 3.05) is 0 Å². The van der Waals surface area contributed by atoms with Crippen molar-refractivity contribution in [3.63, 3.8) is 0 Å². The van der Waals surface area contributed by atoms with Crippen LogP contribution in [-0.2, 0) is 17.4 Å². The topological polar surface area (TPSA) is 29.1 Å². The molecule has 120 valence electrons. The molecule has 2 atom stereocenters. The summed E-state index contributed by atoms with van der Waals surface area (Å²) >= 11 is 0. The number of fused-ring (bicyclic) bond motifs is 2. The van der Waals surface area contributed by atoms with Crippen molar-refractivity contribution >= 4 is 5.78 Å². The maximum atomic E-state index is 13.3. The molecule has 0 aliphatic carbocycles. The Morgan fingerprint density at radius 2 is 1.82 bits per heavy atom. The third kappa shape index (κ3) is 3.16. The third-order valence-electron chi connectivity index (χ3n) is 4.64. The number of carbonyl (C=O) groups excluding carboxylic acids is 1. The van der Waals surface area contributed by atoms with Crippen molar-refractivity contribution < 1.29 is 22.4 Å². The maximum absolute atomic E-state index is 13.3. The zero-order chi connectivity index (χ0) is 15.9. The van der Waals surface area contributed by atoms with E-state index in [-0.39, 0.29) is 23.7 Å². The number of carbonyl (C=O) groups is 1. The van der Waals surface area contributed by atoms with Gasteiger partial charge in [-0.25, -0.2) is 4.39 Å². The van der Waals surface area contributed by atoms with Crippen LogP contribution in [0, 0.1) is 11.7 Å². The predicted molar refractivity (Wildman–Crippen MR) is 72.8 cm³/mol. The first-order chi connectivity index (χ1) is 10.3. The summed E-state index contributed by atoms with van der Waals surface area (Å²) in [5, 5.41) is 3.42. The van der Waals surface area contributed by atoms with Gasteiger partial charge in [-0.2, -0.15) is 13.2 Å². The zero-order valence-corrected chi connectivity index (χ0v) is 11.9. The summed E-state index contributed by atoms with van der Waals surface area (Å²) in [5.74, 6) is -1.44. The van der Waals surface area contributed by atoms with Gasteiger partial charge in [-0.3, -0.25) is 4.79 Å². The Morgan fingerprint density at radius 3 is 2.41 bits per heavy atom. The number of Topliss-reactive ketones (excluding diaryl/α,β-unsaturated/α-hetero) is 1. The SMILES string of the molecule is O=C(Cc1ccc(F)c(C(F)(F)F)c1)C1CC2CCC(C1)N2. The van der Waals surface area contributed by atoms with E-state index in [1.165, 1.54) is 6.07 Å². The highest BCUT2D eigenvalue weighted by atomic mass is 19.4. The maximum Gasteiger partial charge on any atom is 0.419 e. The number of alkyl halides is 3. The van der Waals surface area contributed by atoms with Gasteiger partial charge in [0.05, 0.1) is 5.56 Å².